The van der Waals surface area contributed by atoms with Gasteiger partial charge >= 0.3 is 5.97 Å². The van der Waals surface area contributed by atoms with E-state index in [9.17, 15) is 14.7 Å². The number of aromatic hydroxyl groups is 1. The number of hydrogen-bond donors (Lipinski definition) is 3. The largest absolute Gasteiger partial charge is 0.505 e. The van der Waals surface area contributed by atoms with E-state index >= 15 is 0 Å². The van der Waals surface area contributed by atoms with E-state index in [2.05, 4.69) is 16.4 Å². The monoisotopic (exact) mass is 364 g/mol. The van der Waals surface area contributed by atoms with Crippen LogP contribution >= 0.6 is 0 Å². The molecule has 7 heteroatoms. The zero-order valence-corrected chi connectivity index (χ0v) is 14.2. The van der Waals surface area contributed by atoms with Crippen LogP contribution in [0.2, 0.25) is 0 Å². The lowest BCUT2D eigenvalue weighted by atomic mass is 9.99. The second-order valence-corrected chi connectivity index (χ2v) is 6.25. The standard InChI is InChI=1S/C20H16N2O5/c23-17(24)10-22-20(26)18-19(25)15-3-1-11(8-14(15)9-21-18)12-2-4-16-13(7-12)5-6-27-16/h1-4,7-9,25H,5-6,10H2,(H,22,26)(H,23,24). The Bertz CT molecular complexity index is 1080. The summed E-state index contributed by atoms with van der Waals surface area (Å²) in [6.45, 7) is 0.153. The number of fused-ring (bicyclic) bond motifs is 2. The van der Waals surface area contributed by atoms with E-state index in [1.165, 1.54) is 11.8 Å². The zero-order chi connectivity index (χ0) is 19.0. The average Bonchev–Trinajstić information content (AvgIpc) is 3.14. The number of aromatic nitrogens is 1. The van der Waals surface area contributed by atoms with Crippen LogP contribution in [0.4, 0.5) is 0 Å². The molecule has 7 nitrogen and oxygen atoms in total. The van der Waals surface area contributed by atoms with Gasteiger partial charge in [-0.25, -0.2) is 4.98 Å². The van der Waals surface area contributed by atoms with E-state index in [0.29, 0.717) is 17.4 Å². The molecule has 1 aromatic heterocycles. The molecule has 3 aromatic rings. The fourth-order valence-corrected chi connectivity index (χ4v) is 3.16. The Morgan fingerprint density at radius 1 is 1.15 bits per heavy atom. The first-order chi connectivity index (χ1) is 13.0. The Balaban J connectivity index is 1.68. The molecule has 0 aliphatic carbocycles. The normalized spacial score (nSPS) is 12.4. The average molecular weight is 364 g/mol. The summed E-state index contributed by atoms with van der Waals surface area (Å²) in [6.07, 6.45) is 2.37. The number of aliphatic carboxylic acids is 1. The molecule has 0 spiro atoms. The van der Waals surface area contributed by atoms with Crippen molar-refractivity contribution in [1.29, 1.82) is 0 Å². The predicted molar refractivity (Wildman–Crippen MR) is 98.0 cm³/mol. The van der Waals surface area contributed by atoms with Crippen LogP contribution in [-0.4, -0.2) is 40.2 Å². The minimum Gasteiger partial charge on any atom is -0.505 e. The molecule has 0 fully saturated rings. The first-order valence-corrected chi connectivity index (χ1v) is 8.41. The quantitative estimate of drug-likeness (QED) is 0.656. The third-order valence-corrected chi connectivity index (χ3v) is 4.50. The van der Waals surface area contributed by atoms with Gasteiger partial charge in [-0.1, -0.05) is 12.1 Å². The summed E-state index contributed by atoms with van der Waals surface area (Å²) < 4.78 is 5.53. The Morgan fingerprint density at radius 2 is 1.93 bits per heavy atom. The van der Waals surface area contributed by atoms with E-state index in [4.69, 9.17) is 9.84 Å². The zero-order valence-electron chi connectivity index (χ0n) is 14.2. The van der Waals surface area contributed by atoms with Crippen LogP contribution in [0.3, 0.4) is 0 Å². The van der Waals surface area contributed by atoms with Crippen LogP contribution in [0.25, 0.3) is 21.9 Å². The maximum atomic E-state index is 12.0. The smallest absolute Gasteiger partial charge is 0.322 e. The summed E-state index contributed by atoms with van der Waals surface area (Å²) in [5, 5.41) is 22.4. The Labute approximate surface area is 154 Å². The molecule has 0 atom stereocenters. The minimum absolute atomic E-state index is 0.203. The Hall–Kier alpha value is -3.61. The van der Waals surface area contributed by atoms with E-state index in [0.717, 1.165) is 23.3 Å². The molecule has 3 N–H and O–H groups in total. The van der Waals surface area contributed by atoms with Crippen molar-refractivity contribution >= 4 is 22.6 Å². The number of pyridine rings is 1. The predicted octanol–water partition coefficient (Wildman–Crippen LogP) is 2.36. The van der Waals surface area contributed by atoms with Gasteiger partial charge in [0.15, 0.2) is 11.4 Å². The molecule has 2 heterocycles. The molecule has 1 aliphatic rings. The Kier molecular flexibility index (Phi) is 4.12. The highest BCUT2D eigenvalue weighted by molar-refractivity contribution is 6.02. The van der Waals surface area contributed by atoms with Gasteiger partial charge in [0.1, 0.15) is 12.3 Å². The van der Waals surface area contributed by atoms with Gasteiger partial charge in [-0.05, 0) is 41.0 Å². The van der Waals surface area contributed by atoms with E-state index in [1.54, 1.807) is 6.07 Å². The first-order valence-electron chi connectivity index (χ1n) is 8.41. The summed E-state index contributed by atoms with van der Waals surface area (Å²) in [4.78, 5) is 26.6. The lowest BCUT2D eigenvalue weighted by Crippen LogP contribution is -2.29. The minimum atomic E-state index is -1.17. The number of carbonyl (C=O) groups is 2. The number of ether oxygens (including phenoxy) is 1. The summed E-state index contributed by atoms with van der Waals surface area (Å²) >= 11 is 0. The Morgan fingerprint density at radius 3 is 2.74 bits per heavy atom. The SMILES string of the molecule is O=C(O)CNC(=O)c1ncc2cc(-c3ccc4c(c3)CCO4)ccc2c1O. The fraction of sp³-hybridized carbons (Fsp3) is 0.150. The fourth-order valence-electron chi connectivity index (χ4n) is 3.16. The molecule has 0 saturated carbocycles. The van der Waals surface area contributed by atoms with Gasteiger partial charge in [0.25, 0.3) is 5.91 Å². The van der Waals surface area contributed by atoms with Crippen molar-refractivity contribution in [1.82, 2.24) is 10.3 Å². The van der Waals surface area contributed by atoms with Crippen molar-refractivity contribution in [3.63, 3.8) is 0 Å². The number of amides is 1. The lowest BCUT2D eigenvalue weighted by Gasteiger charge is -2.09. The van der Waals surface area contributed by atoms with Crippen molar-refractivity contribution in [2.24, 2.45) is 0 Å². The number of nitrogens with one attached hydrogen (secondary N) is 1. The second kappa shape index (κ2) is 6.60. The summed E-state index contributed by atoms with van der Waals surface area (Å²) in [6, 6.07) is 11.5. The molecular formula is C20H16N2O5. The van der Waals surface area contributed by atoms with Gasteiger partial charge < -0.3 is 20.3 Å². The van der Waals surface area contributed by atoms with Crippen molar-refractivity contribution < 1.29 is 24.5 Å². The molecule has 1 amide bonds. The number of carboxylic acids is 1. The van der Waals surface area contributed by atoms with Gasteiger partial charge in [-0.2, -0.15) is 0 Å². The third-order valence-electron chi connectivity index (χ3n) is 4.50. The van der Waals surface area contributed by atoms with Gasteiger partial charge in [-0.3, -0.25) is 9.59 Å². The molecule has 2 aromatic carbocycles. The molecule has 27 heavy (non-hydrogen) atoms. The highest BCUT2D eigenvalue weighted by Crippen LogP contribution is 2.34. The molecular weight excluding hydrogens is 348 g/mol. The molecule has 136 valence electrons. The summed E-state index contributed by atoms with van der Waals surface area (Å²) in [7, 11) is 0. The van der Waals surface area contributed by atoms with Gasteiger partial charge in [0.05, 0.1) is 6.61 Å². The maximum absolute atomic E-state index is 12.0. The van der Waals surface area contributed by atoms with E-state index in [-0.39, 0.29) is 11.4 Å². The van der Waals surface area contributed by atoms with Crippen LogP contribution in [-0.2, 0) is 11.2 Å². The highest BCUT2D eigenvalue weighted by Gasteiger charge is 2.17. The van der Waals surface area contributed by atoms with E-state index < -0.39 is 18.4 Å². The van der Waals surface area contributed by atoms with Crippen LogP contribution < -0.4 is 10.1 Å². The van der Waals surface area contributed by atoms with Crippen molar-refractivity contribution in [2.45, 2.75) is 6.42 Å². The number of carboxylic acid groups (broad SMARTS) is 1. The van der Waals surface area contributed by atoms with Crippen molar-refractivity contribution in [3.8, 4) is 22.6 Å². The number of nitrogens with zero attached hydrogens (tertiary/aromatic N) is 1. The van der Waals surface area contributed by atoms with E-state index in [1.807, 2.05) is 24.3 Å². The summed E-state index contributed by atoms with van der Waals surface area (Å²) in [5.41, 5.74) is 2.95. The van der Waals surface area contributed by atoms with Crippen LogP contribution in [0.1, 0.15) is 16.1 Å². The second-order valence-electron chi connectivity index (χ2n) is 6.25. The van der Waals surface area contributed by atoms with Gasteiger partial charge in [0, 0.05) is 23.4 Å². The molecule has 1 aliphatic heterocycles. The molecule has 0 saturated heterocycles. The third kappa shape index (κ3) is 3.15. The van der Waals surface area contributed by atoms with Gasteiger partial charge in [0.2, 0.25) is 0 Å². The molecule has 0 unspecified atom stereocenters. The highest BCUT2D eigenvalue weighted by atomic mass is 16.5. The molecule has 0 bridgehead atoms. The van der Waals surface area contributed by atoms with Crippen LogP contribution in [0.5, 0.6) is 11.5 Å². The van der Waals surface area contributed by atoms with Crippen LogP contribution in [0, 0.1) is 0 Å². The van der Waals surface area contributed by atoms with Crippen LogP contribution in [0.15, 0.2) is 42.6 Å². The maximum Gasteiger partial charge on any atom is 0.322 e. The van der Waals surface area contributed by atoms with Gasteiger partial charge in [-0.15, -0.1) is 0 Å². The summed E-state index contributed by atoms with van der Waals surface area (Å²) in [5.74, 6) is -1.27. The number of carbonyl (C=O) groups excluding carboxylic acids is 1. The molecule has 4 rings (SSSR count). The topological polar surface area (TPSA) is 109 Å². The lowest BCUT2D eigenvalue weighted by molar-refractivity contribution is -0.135. The first kappa shape index (κ1) is 16.8. The number of hydrogen-bond acceptors (Lipinski definition) is 5. The van der Waals surface area contributed by atoms with Crippen molar-refractivity contribution in [2.75, 3.05) is 13.2 Å². The molecule has 0 radical (unpaired) electrons. The number of rotatable bonds is 4. The van der Waals surface area contributed by atoms with Crippen molar-refractivity contribution in [3.05, 3.63) is 53.9 Å². The number of benzene rings is 2.